The van der Waals surface area contributed by atoms with Gasteiger partial charge in [0.1, 0.15) is 0 Å². The van der Waals surface area contributed by atoms with Gasteiger partial charge in [0.25, 0.3) is 5.91 Å². The molecule has 1 rings (SSSR count). The first kappa shape index (κ1) is 11.2. The Morgan fingerprint density at radius 1 is 1.36 bits per heavy atom. The molecular formula is C11H14BrNO. The van der Waals surface area contributed by atoms with Crippen molar-refractivity contribution < 1.29 is 4.79 Å². The van der Waals surface area contributed by atoms with Crippen LogP contribution < -0.4 is 0 Å². The van der Waals surface area contributed by atoms with Crippen molar-refractivity contribution >= 4 is 21.8 Å². The molecule has 1 aromatic carbocycles. The van der Waals surface area contributed by atoms with E-state index in [9.17, 15) is 4.79 Å². The fourth-order valence-corrected chi connectivity index (χ4v) is 1.47. The van der Waals surface area contributed by atoms with Crippen molar-refractivity contribution in [1.29, 1.82) is 0 Å². The minimum absolute atomic E-state index is 0.0774. The monoisotopic (exact) mass is 255 g/mol. The van der Waals surface area contributed by atoms with Crippen LogP contribution in [0.2, 0.25) is 0 Å². The van der Waals surface area contributed by atoms with Gasteiger partial charge in [0.2, 0.25) is 0 Å². The normalized spacial score (nSPS) is 9.93. The molecule has 2 nitrogen and oxygen atoms in total. The predicted octanol–water partition coefficient (Wildman–Crippen LogP) is 2.67. The second-order valence-corrected chi connectivity index (χ2v) is 3.71. The van der Waals surface area contributed by atoms with Crippen molar-refractivity contribution in [3.8, 4) is 0 Å². The maximum atomic E-state index is 11.7. The molecule has 0 unspecified atom stereocenters. The highest BCUT2D eigenvalue weighted by Crippen LogP contribution is 2.09. The highest BCUT2D eigenvalue weighted by atomic mass is 79.9. The Morgan fingerprint density at radius 2 is 1.93 bits per heavy atom. The van der Waals surface area contributed by atoms with E-state index < -0.39 is 0 Å². The predicted molar refractivity (Wildman–Crippen MR) is 61.7 cm³/mol. The summed E-state index contributed by atoms with van der Waals surface area (Å²) in [6, 6.07) is 7.66. The first-order chi connectivity index (χ1) is 6.69. The Balaban J connectivity index is 2.81. The van der Waals surface area contributed by atoms with Gasteiger partial charge in [-0.05, 0) is 24.6 Å². The van der Waals surface area contributed by atoms with Crippen LogP contribution in [0.15, 0.2) is 24.3 Å². The quantitative estimate of drug-likeness (QED) is 0.761. The van der Waals surface area contributed by atoms with Gasteiger partial charge in [-0.2, -0.15) is 0 Å². The van der Waals surface area contributed by atoms with Gasteiger partial charge >= 0.3 is 0 Å². The lowest BCUT2D eigenvalue weighted by molar-refractivity contribution is 0.0802. The molecule has 0 aromatic heterocycles. The molecule has 1 amide bonds. The van der Waals surface area contributed by atoms with E-state index >= 15 is 0 Å². The van der Waals surface area contributed by atoms with Gasteiger partial charge in [-0.15, -0.1) is 0 Å². The molecule has 0 aliphatic rings. The molecular weight excluding hydrogens is 242 g/mol. The maximum Gasteiger partial charge on any atom is 0.253 e. The zero-order valence-electron chi connectivity index (χ0n) is 8.46. The summed E-state index contributed by atoms with van der Waals surface area (Å²) in [7, 11) is 1.81. The van der Waals surface area contributed by atoms with Gasteiger partial charge in [0, 0.05) is 24.5 Å². The zero-order valence-corrected chi connectivity index (χ0v) is 10.0. The number of halogens is 1. The lowest BCUT2D eigenvalue weighted by Gasteiger charge is -2.14. The van der Waals surface area contributed by atoms with Crippen molar-refractivity contribution in [2.24, 2.45) is 0 Å². The van der Waals surface area contributed by atoms with E-state index in [1.165, 1.54) is 5.56 Å². The van der Waals surface area contributed by atoms with Gasteiger partial charge in [-0.25, -0.2) is 0 Å². The summed E-state index contributed by atoms with van der Waals surface area (Å²) < 4.78 is 0. The van der Waals surface area contributed by atoms with Crippen LogP contribution in [-0.4, -0.2) is 24.4 Å². The van der Waals surface area contributed by atoms with Crippen molar-refractivity contribution in [2.45, 2.75) is 12.3 Å². The van der Waals surface area contributed by atoms with E-state index in [2.05, 4.69) is 15.9 Å². The number of nitrogens with zero attached hydrogens (tertiary/aromatic N) is 1. The molecule has 0 saturated heterocycles. The van der Waals surface area contributed by atoms with Gasteiger partial charge in [-0.1, -0.05) is 28.1 Å². The standard InChI is InChI=1S/C11H14BrNO/c1-3-13(2)11(14)10-6-4-9(8-12)5-7-10/h4-7H,3,8H2,1-2H3. The molecule has 0 aliphatic heterocycles. The molecule has 0 aliphatic carbocycles. The summed E-state index contributed by atoms with van der Waals surface area (Å²) in [4.78, 5) is 13.4. The van der Waals surface area contributed by atoms with Crippen LogP contribution in [0.25, 0.3) is 0 Å². The van der Waals surface area contributed by atoms with E-state index in [4.69, 9.17) is 0 Å². The van der Waals surface area contributed by atoms with Crippen LogP contribution in [0.1, 0.15) is 22.8 Å². The Kier molecular flexibility index (Phi) is 4.14. The van der Waals surface area contributed by atoms with E-state index in [0.717, 1.165) is 17.4 Å². The molecule has 0 fully saturated rings. The second-order valence-electron chi connectivity index (χ2n) is 3.15. The molecule has 1 aromatic rings. The minimum Gasteiger partial charge on any atom is -0.342 e. The summed E-state index contributed by atoms with van der Waals surface area (Å²) in [6.07, 6.45) is 0. The largest absolute Gasteiger partial charge is 0.342 e. The SMILES string of the molecule is CCN(C)C(=O)c1ccc(CBr)cc1. The van der Waals surface area contributed by atoms with Crippen LogP contribution in [0.5, 0.6) is 0 Å². The van der Waals surface area contributed by atoms with Gasteiger partial charge in [0.05, 0.1) is 0 Å². The topological polar surface area (TPSA) is 20.3 Å². The van der Waals surface area contributed by atoms with Crippen LogP contribution >= 0.6 is 15.9 Å². The Morgan fingerprint density at radius 3 is 2.36 bits per heavy atom. The van der Waals surface area contributed by atoms with Crippen LogP contribution in [0, 0.1) is 0 Å². The number of carbonyl (C=O) groups is 1. The lowest BCUT2D eigenvalue weighted by Crippen LogP contribution is -2.26. The highest BCUT2D eigenvalue weighted by Gasteiger charge is 2.08. The minimum atomic E-state index is 0.0774. The highest BCUT2D eigenvalue weighted by molar-refractivity contribution is 9.08. The number of amides is 1. The molecule has 14 heavy (non-hydrogen) atoms. The van der Waals surface area contributed by atoms with Gasteiger partial charge in [-0.3, -0.25) is 4.79 Å². The number of alkyl halides is 1. The molecule has 0 atom stereocenters. The smallest absolute Gasteiger partial charge is 0.253 e. The molecule has 3 heteroatoms. The molecule has 0 saturated carbocycles. The van der Waals surface area contributed by atoms with E-state index in [1.54, 1.807) is 11.9 Å². The first-order valence-corrected chi connectivity index (χ1v) is 5.71. The number of hydrogen-bond acceptors (Lipinski definition) is 1. The fraction of sp³-hybridized carbons (Fsp3) is 0.364. The molecule has 0 radical (unpaired) electrons. The van der Waals surface area contributed by atoms with Crippen LogP contribution in [0.3, 0.4) is 0 Å². The Hall–Kier alpha value is -0.830. The summed E-state index contributed by atoms with van der Waals surface area (Å²) in [5.41, 5.74) is 1.93. The lowest BCUT2D eigenvalue weighted by atomic mass is 10.1. The van der Waals surface area contributed by atoms with E-state index in [-0.39, 0.29) is 5.91 Å². The fourth-order valence-electron chi connectivity index (χ4n) is 1.10. The summed E-state index contributed by atoms with van der Waals surface area (Å²) in [5.74, 6) is 0.0774. The third-order valence-electron chi connectivity index (χ3n) is 2.18. The summed E-state index contributed by atoms with van der Waals surface area (Å²) in [5, 5.41) is 0.824. The summed E-state index contributed by atoms with van der Waals surface area (Å²) >= 11 is 3.37. The van der Waals surface area contributed by atoms with Crippen LogP contribution in [-0.2, 0) is 5.33 Å². The Labute approximate surface area is 93.0 Å². The van der Waals surface area contributed by atoms with Crippen molar-refractivity contribution in [2.75, 3.05) is 13.6 Å². The third kappa shape index (κ3) is 2.58. The Bertz CT molecular complexity index is 308. The maximum absolute atomic E-state index is 11.7. The molecule has 0 N–H and O–H groups in total. The number of benzene rings is 1. The van der Waals surface area contributed by atoms with Crippen molar-refractivity contribution in [1.82, 2.24) is 4.90 Å². The molecule has 0 spiro atoms. The number of carbonyl (C=O) groups excluding carboxylic acids is 1. The second kappa shape index (κ2) is 5.15. The summed E-state index contributed by atoms with van der Waals surface area (Å²) in [6.45, 7) is 2.70. The third-order valence-corrected chi connectivity index (χ3v) is 2.82. The average molecular weight is 256 g/mol. The molecule has 0 heterocycles. The van der Waals surface area contributed by atoms with Crippen molar-refractivity contribution in [3.63, 3.8) is 0 Å². The van der Waals surface area contributed by atoms with E-state index in [0.29, 0.717) is 0 Å². The molecule has 76 valence electrons. The number of rotatable bonds is 3. The average Bonchev–Trinajstić information content (AvgIpc) is 2.27. The van der Waals surface area contributed by atoms with Gasteiger partial charge < -0.3 is 4.90 Å². The number of hydrogen-bond donors (Lipinski definition) is 0. The van der Waals surface area contributed by atoms with E-state index in [1.807, 2.05) is 31.2 Å². The van der Waals surface area contributed by atoms with Crippen LogP contribution in [0.4, 0.5) is 0 Å². The zero-order chi connectivity index (χ0) is 10.6. The molecule has 0 bridgehead atoms. The van der Waals surface area contributed by atoms with Gasteiger partial charge in [0.15, 0.2) is 0 Å². The first-order valence-electron chi connectivity index (χ1n) is 4.59. The van der Waals surface area contributed by atoms with Crippen molar-refractivity contribution in [3.05, 3.63) is 35.4 Å².